The average Bonchev–Trinajstić information content (AvgIpc) is 2.97. The van der Waals surface area contributed by atoms with Gasteiger partial charge in [-0.1, -0.05) is 5.16 Å². The minimum absolute atomic E-state index is 0.0609. The van der Waals surface area contributed by atoms with Crippen molar-refractivity contribution in [2.75, 3.05) is 0 Å². The Hall–Kier alpha value is -3.09. The van der Waals surface area contributed by atoms with Crippen LogP contribution in [0, 0.1) is 17.0 Å². The van der Waals surface area contributed by atoms with Gasteiger partial charge in [-0.2, -0.15) is 4.98 Å². The van der Waals surface area contributed by atoms with Gasteiger partial charge in [0.2, 0.25) is 5.82 Å². The molecule has 0 unspecified atom stereocenters. The van der Waals surface area contributed by atoms with Crippen LogP contribution in [0.4, 0.5) is 5.69 Å². The van der Waals surface area contributed by atoms with Crippen LogP contribution in [0.2, 0.25) is 0 Å². The third-order valence-electron chi connectivity index (χ3n) is 2.99. The molecule has 104 valence electrons. The zero-order chi connectivity index (χ0) is 14.8. The van der Waals surface area contributed by atoms with E-state index in [4.69, 9.17) is 4.52 Å². The van der Waals surface area contributed by atoms with E-state index >= 15 is 0 Å². The van der Waals surface area contributed by atoms with Gasteiger partial charge < -0.3 is 4.52 Å². The van der Waals surface area contributed by atoms with E-state index in [0.717, 1.165) is 5.56 Å². The molecular formula is C14H10N4O3. The monoisotopic (exact) mass is 282 g/mol. The molecule has 7 nitrogen and oxygen atoms in total. The lowest BCUT2D eigenvalue weighted by atomic mass is 10.1. The normalized spacial score (nSPS) is 10.5. The third-order valence-corrected chi connectivity index (χ3v) is 2.99. The molecule has 21 heavy (non-hydrogen) atoms. The number of aromatic nitrogens is 3. The van der Waals surface area contributed by atoms with Gasteiger partial charge >= 0.3 is 0 Å². The number of hydrogen-bond donors (Lipinski definition) is 0. The molecule has 0 saturated carbocycles. The Morgan fingerprint density at radius 1 is 1.24 bits per heavy atom. The molecule has 2 heterocycles. The number of aryl methyl sites for hydroxylation is 1. The highest BCUT2D eigenvalue weighted by molar-refractivity contribution is 5.61. The van der Waals surface area contributed by atoms with Crippen molar-refractivity contribution in [1.82, 2.24) is 15.1 Å². The molecule has 0 aliphatic carbocycles. The smallest absolute Gasteiger partial charge is 0.272 e. The summed E-state index contributed by atoms with van der Waals surface area (Å²) in [6, 6.07) is 8.27. The number of pyridine rings is 1. The van der Waals surface area contributed by atoms with Gasteiger partial charge in [0.25, 0.3) is 11.6 Å². The van der Waals surface area contributed by atoms with Gasteiger partial charge in [-0.3, -0.25) is 15.1 Å². The lowest BCUT2D eigenvalue weighted by Gasteiger charge is -1.98. The Labute approximate surface area is 119 Å². The Morgan fingerprint density at radius 3 is 2.76 bits per heavy atom. The van der Waals surface area contributed by atoms with Crippen LogP contribution >= 0.6 is 0 Å². The molecule has 0 bridgehead atoms. The molecular weight excluding hydrogens is 272 g/mol. The van der Waals surface area contributed by atoms with E-state index in [2.05, 4.69) is 15.1 Å². The zero-order valence-electron chi connectivity index (χ0n) is 11.1. The maximum atomic E-state index is 10.8. The number of rotatable bonds is 3. The maximum Gasteiger partial charge on any atom is 0.272 e. The fourth-order valence-corrected chi connectivity index (χ4v) is 1.95. The summed E-state index contributed by atoms with van der Waals surface area (Å²) in [4.78, 5) is 18.7. The SMILES string of the molecule is Cc1cc(-c2nc(-c3cccnc3)no2)ccc1[N+](=O)[O-]. The van der Waals surface area contributed by atoms with Crippen molar-refractivity contribution >= 4 is 5.69 Å². The van der Waals surface area contributed by atoms with Crippen molar-refractivity contribution in [2.45, 2.75) is 6.92 Å². The van der Waals surface area contributed by atoms with Crippen molar-refractivity contribution in [2.24, 2.45) is 0 Å². The molecule has 0 aliphatic rings. The first kappa shape index (κ1) is 12.9. The van der Waals surface area contributed by atoms with Gasteiger partial charge in [0.05, 0.1) is 4.92 Å². The van der Waals surface area contributed by atoms with Crippen LogP contribution in [0.3, 0.4) is 0 Å². The molecule has 3 aromatic rings. The lowest BCUT2D eigenvalue weighted by molar-refractivity contribution is -0.385. The van der Waals surface area contributed by atoms with E-state index in [9.17, 15) is 10.1 Å². The van der Waals surface area contributed by atoms with E-state index in [1.165, 1.54) is 6.07 Å². The molecule has 0 amide bonds. The number of nitro benzene ring substituents is 1. The highest BCUT2D eigenvalue weighted by Crippen LogP contribution is 2.26. The van der Waals surface area contributed by atoms with Gasteiger partial charge in [-0.25, -0.2) is 0 Å². The predicted molar refractivity (Wildman–Crippen MR) is 74.4 cm³/mol. The summed E-state index contributed by atoms with van der Waals surface area (Å²) in [5.41, 5.74) is 1.98. The minimum atomic E-state index is -0.423. The van der Waals surface area contributed by atoms with E-state index < -0.39 is 4.92 Å². The summed E-state index contributed by atoms with van der Waals surface area (Å²) < 4.78 is 5.20. The summed E-state index contributed by atoms with van der Waals surface area (Å²) in [5.74, 6) is 0.737. The van der Waals surface area contributed by atoms with Crippen LogP contribution in [0.5, 0.6) is 0 Å². The molecule has 7 heteroatoms. The number of hydrogen-bond acceptors (Lipinski definition) is 6. The molecule has 0 N–H and O–H groups in total. The second kappa shape index (κ2) is 5.12. The van der Waals surface area contributed by atoms with E-state index in [1.807, 2.05) is 6.07 Å². The van der Waals surface area contributed by atoms with Crippen LogP contribution in [0.25, 0.3) is 22.8 Å². The van der Waals surface area contributed by atoms with Crippen molar-refractivity contribution in [3.63, 3.8) is 0 Å². The Morgan fingerprint density at radius 2 is 2.10 bits per heavy atom. The highest BCUT2D eigenvalue weighted by Gasteiger charge is 2.15. The maximum absolute atomic E-state index is 10.8. The largest absolute Gasteiger partial charge is 0.334 e. The lowest BCUT2D eigenvalue weighted by Crippen LogP contribution is -1.91. The van der Waals surface area contributed by atoms with Crippen molar-refractivity contribution in [3.8, 4) is 22.8 Å². The molecule has 0 atom stereocenters. The summed E-state index contributed by atoms with van der Waals surface area (Å²) >= 11 is 0. The Balaban J connectivity index is 1.97. The van der Waals surface area contributed by atoms with Crippen LogP contribution in [0.1, 0.15) is 5.56 Å². The fourth-order valence-electron chi connectivity index (χ4n) is 1.95. The van der Waals surface area contributed by atoms with Crippen molar-refractivity contribution in [3.05, 3.63) is 58.4 Å². The van der Waals surface area contributed by atoms with E-state index in [1.54, 1.807) is 37.5 Å². The average molecular weight is 282 g/mol. The second-order valence-electron chi connectivity index (χ2n) is 4.42. The zero-order valence-corrected chi connectivity index (χ0v) is 11.1. The summed E-state index contributed by atoms with van der Waals surface area (Å²) in [7, 11) is 0. The first-order valence-corrected chi connectivity index (χ1v) is 6.14. The van der Waals surface area contributed by atoms with Gasteiger partial charge in [-0.05, 0) is 31.2 Å². The van der Waals surface area contributed by atoms with Gasteiger partial charge in [0, 0.05) is 35.2 Å². The molecule has 0 spiro atoms. The first-order chi connectivity index (χ1) is 10.1. The number of nitrogens with zero attached hydrogens (tertiary/aromatic N) is 4. The van der Waals surface area contributed by atoms with Gasteiger partial charge in [-0.15, -0.1) is 0 Å². The van der Waals surface area contributed by atoms with Crippen LogP contribution in [0.15, 0.2) is 47.2 Å². The molecule has 1 aromatic carbocycles. The third kappa shape index (κ3) is 2.48. The topological polar surface area (TPSA) is 95.0 Å². The molecule has 0 fully saturated rings. The fraction of sp³-hybridized carbons (Fsp3) is 0.0714. The molecule has 0 saturated heterocycles. The highest BCUT2D eigenvalue weighted by atomic mass is 16.6. The minimum Gasteiger partial charge on any atom is -0.334 e. The Bertz CT molecular complexity index is 799. The van der Waals surface area contributed by atoms with Gasteiger partial charge in [0.1, 0.15) is 0 Å². The van der Waals surface area contributed by atoms with Crippen LogP contribution < -0.4 is 0 Å². The molecule has 0 radical (unpaired) electrons. The molecule has 2 aromatic heterocycles. The molecule has 0 aliphatic heterocycles. The van der Waals surface area contributed by atoms with Gasteiger partial charge in [0.15, 0.2) is 0 Å². The first-order valence-electron chi connectivity index (χ1n) is 6.14. The van der Waals surface area contributed by atoms with Crippen molar-refractivity contribution in [1.29, 1.82) is 0 Å². The van der Waals surface area contributed by atoms with E-state index in [0.29, 0.717) is 22.8 Å². The standard InChI is InChI=1S/C14H10N4O3/c1-9-7-10(4-5-12(9)18(19)20)14-16-13(17-21-14)11-3-2-6-15-8-11/h2-8H,1H3. The number of benzene rings is 1. The van der Waals surface area contributed by atoms with Crippen LogP contribution in [-0.4, -0.2) is 20.0 Å². The number of nitro groups is 1. The van der Waals surface area contributed by atoms with Crippen LogP contribution in [-0.2, 0) is 0 Å². The predicted octanol–water partition coefficient (Wildman–Crippen LogP) is 3.02. The summed E-state index contributed by atoms with van der Waals surface area (Å²) in [6.45, 7) is 1.67. The van der Waals surface area contributed by atoms with Crippen molar-refractivity contribution < 1.29 is 9.45 Å². The summed E-state index contributed by atoms with van der Waals surface area (Å²) in [6.07, 6.45) is 3.29. The summed E-state index contributed by atoms with van der Waals surface area (Å²) in [5, 5.41) is 14.7. The van der Waals surface area contributed by atoms with E-state index in [-0.39, 0.29) is 5.69 Å². The molecule has 3 rings (SSSR count). The Kier molecular flexibility index (Phi) is 3.15. The quantitative estimate of drug-likeness (QED) is 0.541. The second-order valence-corrected chi connectivity index (χ2v) is 4.42.